The van der Waals surface area contributed by atoms with Crippen molar-refractivity contribution in [3.63, 3.8) is 0 Å². The molecule has 0 aliphatic carbocycles. The van der Waals surface area contributed by atoms with E-state index in [4.69, 9.17) is 0 Å². The van der Waals surface area contributed by atoms with Crippen LogP contribution in [0.3, 0.4) is 0 Å². The molecule has 0 radical (unpaired) electrons. The molecule has 28 heavy (non-hydrogen) atoms. The summed E-state index contributed by atoms with van der Waals surface area (Å²) >= 11 is 0. The Bertz CT molecular complexity index is 910. The molecular formula is C21H22F2N4O. The molecule has 3 aromatic rings. The van der Waals surface area contributed by atoms with Crippen LogP contribution in [0.2, 0.25) is 0 Å². The van der Waals surface area contributed by atoms with E-state index < -0.39 is 6.61 Å². The van der Waals surface area contributed by atoms with Gasteiger partial charge in [0.1, 0.15) is 11.6 Å². The van der Waals surface area contributed by atoms with E-state index in [0.29, 0.717) is 17.5 Å². The minimum Gasteiger partial charge on any atom is -0.435 e. The van der Waals surface area contributed by atoms with Gasteiger partial charge >= 0.3 is 6.61 Å². The highest BCUT2D eigenvalue weighted by Crippen LogP contribution is 2.26. The maximum absolute atomic E-state index is 12.3. The van der Waals surface area contributed by atoms with Crippen LogP contribution in [0.15, 0.2) is 60.7 Å². The number of rotatable bonds is 6. The molecule has 0 aliphatic heterocycles. The number of aromatic nitrogens is 2. The van der Waals surface area contributed by atoms with E-state index in [1.807, 2.05) is 57.2 Å². The summed E-state index contributed by atoms with van der Waals surface area (Å²) < 4.78 is 29.0. The van der Waals surface area contributed by atoms with E-state index in [-0.39, 0.29) is 11.3 Å². The average Bonchev–Trinajstić information content (AvgIpc) is 2.62. The molecule has 0 saturated heterocycles. The molecule has 3 rings (SSSR count). The zero-order valence-corrected chi connectivity index (χ0v) is 15.9. The summed E-state index contributed by atoms with van der Waals surface area (Å²) in [5, 5.41) is 6.47. The van der Waals surface area contributed by atoms with Gasteiger partial charge < -0.3 is 15.4 Å². The third kappa shape index (κ3) is 5.64. The van der Waals surface area contributed by atoms with Gasteiger partial charge in [-0.15, -0.1) is 0 Å². The molecule has 2 N–H and O–H groups in total. The van der Waals surface area contributed by atoms with Gasteiger partial charge in [0.05, 0.1) is 5.69 Å². The summed E-state index contributed by atoms with van der Waals surface area (Å²) in [6, 6.07) is 17.9. The maximum atomic E-state index is 12.3. The molecule has 0 aliphatic rings. The molecule has 1 aromatic heterocycles. The van der Waals surface area contributed by atoms with Gasteiger partial charge in [-0.25, -0.2) is 4.98 Å². The van der Waals surface area contributed by atoms with Crippen molar-refractivity contribution in [1.29, 1.82) is 0 Å². The van der Waals surface area contributed by atoms with E-state index in [9.17, 15) is 8.78 Å². The lowest BCUT2D eigenvalue weighted by Gasteiger charge is -2.21. The second-order valence-electron chi connectivity index (χ2n) is 7.23. The summed E-state index contributed by atoms with van der Waals surface area (Å²) in [5.74, 6) is 1.18. The number of anilines is 3. The van der Waals surface area contributed by atoms with Gasteiger partial charge in [-0.1, -0.05) is 30.3 Å². The van der Waals surface area contributed by atoms with Crippen LogP contribution >= 0.6 is 0 Å². The summed E-state index contributed by atoms with van der Waals surface area (Å²) in [7, 11) is 0. The minimum atomic E-state index is -2.85. The van der Waals surface area contributed by atoms with Crippen molar-refractivity contribution in [2.45, 2.75) is 32.9 Å². The summed E-state index contributed by atoms with van der Waals surface area (Å²) in [5.41, 5.74) is 2.22. The van der Waals surface area contributed by atoms with E-state index >= 15 is 0 Å². The molecule has 0 fully saturated rings. The summed E-state index contributed by atoms with van der Waals surface area (Å²) in [6.07, 6.45) is 0. The molecule has 146 valence electrons. The Morgan fingerprint density at radius 2 is 1.61 bits per heavy atom. The van der Waals surface area contributed by atoms with Crippen molar-refractivity contribution >= 4 is 17.5 Å². The first kappa shape index (κ1) is 19.5. The topological polar surface area (TPSA) is 59.1 Å². The van der Waals surface area contributed by atoms with Gasteiger partial charge in [-0.05, 0) is 45.0 Å². The highest BCUT2D eigenvalue weighted by Gasteiger charge is 2.14. The predicted octanol–water partition coefficient (Wildman–Crippen LogP) is 5.70. The lowest BCUT2D eigenvalue weighted by Crippen LogP contribution is -2.27. The lowest BCUT2D eigenvalue weighted by atomic mass is 10.1. The third-order valence-corrected chi connectivity index (χ3v) is 3.63. The zero-order chi connectivity index (χ0) is 20.1. The molecule has 0 unspecified atom stereocenters. The molecule has 7 heteroatoms. The number of benzene rings is 2. The Kier molecular flexibility index (Phi) is 5.73. The largest absolute Gasteiger partial charge is 0.435 e. The average molecular weight is 384 g/mol. The first-order chi connectivity index (χ1) is 13.3. The molecule has 2 aromatic carbocycles. The van der Waals surface area contributed by atoms with Crippen LogP contribution in [-0.4, -0.2) is 22.1 Å². The van der Waals surface area contributed by atoms with Gasteiger partial charge in [-0.3, -0.25) is 0 Å². The fraction of sp³-hybridized carbons (Fsp3) is 0.238. The van der Waals surface area contributed by atoms with E-state index in [0.717, 1.165) is 11.3 Å². The molecule has 0 saturated carbocycles. The second kappa shape index (κ2) is 8.21. The normalized spacial score (nSPS) is 11.4. The number of nitrogens with zero attached hydrogens (tertiary/aromatic N) is 2. The van der Waals surface area contributed by atoms with Crippen LogP contribution in [0.4, 0.5) is 26.2 Å². The van der Waals surface area contributed by atoms with Crippen molar-refractivity contribution in [2.24, 2.45) is 0 Å². The molecular weight excluding hydrogens is 362 g/mol. The Hall–Kier alpha value is -3.22. The van der Waals surface area contributed by atoms with Crippen molar-refractivity contribution in [2.75, 3.05) is 10.6 Å². The Morgan fingerprint density at radius 1 is 0.929 bits per heavy atom. The monoisotopic (exact) mass is 384 g/mol. The van der Waals surface area contributed by atoms with Crippen LogP contribution in [0, 0.1) is 0 Å². The van der Waals surface area contributed by atoms with Crippen molar-refractivity contribution in [1.82, 2.24) is 9.97 Å². The van der Waals surface area contributed by atoms with Gasteiger partial charge in [0.2, 0.25) is 5.95 Å². The van der Waals surface area contributed by atoms with Gasteiger partial charge in [-0.2, -0.15) is 13.8 Å². The van der Waals surface area contributed by atoms with Gasteiger partial charge in [0, 0.05) is 22.9 Å². The minimum absolute atomic E-state index is 0.100. The predicted molar refractivity (Wildman–Crippen MR) is 107 cm³/mol. The number of hydrogen-bond acceptors (Lipinski definition) is 5. The first-order valence-corrected chi connectivity index (χ1v) is 8.83. The fourth-order valence-corrected chi connectivity index (χ4v) is 2.53. The highest BCUT2D eigenvalue weighted by atomic mass is 19.3. The van der Waals surface area contributed by atoms with Gasteiger partial charge in [0.25, 0.3) is 0 Å². The van der Waals surface area contributed by atoms with Crippen molar-refractivity contribution in [3.05, 3.63) is 60.7 Å². The third-order valence-electron chi connectivity index (χ3n) is 3.63. The molecule has 5 nitrogen and oxygen atoms in total. The second-order valence-corrected chi connectivity index (χ2v) is 7.23. The standard InChI is InChI=1S/C21H22F2N4O/c1-21(2,3)27-20-25-17(14-7-5-4-6-8-14)13-18(26-20)24-15-9-11-16(12-10-15)28-19(22)23/h4-13,19H,1-3H3,(H2,24,25,26,27). The van der Waals surface area contributed by atoms with E-state index in [1.54, 1.807) is 12.1 Å². The highest BCUT2D eigenvalue weighted by molar-refractivity contribution is 5.67. The Morgan fingerprint density at radius 3 is 2.21 bits per heavy atom. The maximum Gasteiger partial charge on any atom is 0.387 e. The number of nitrogens with one attached hydrogen (secondary N) is 2. The van der Waals surface area contributed by atoms with E-state index in [2.05, 4.69) is 25.3 Å². The van der Waals surface area contributed by atoms with Crippen LogP contribution in [0.5, 0.6) is 5.75 Å². The fourth-order valence-electron chi connectivity index (χ4n) is 2.53. The number of halogens is 2. The Labute approximate surface area is 162 Å². The molecule has 0 spiro atoms. The van der Waals surface area contributed by atoms with Crippen LogP contribution < -0.4 is 15.4 Å². The van der Waals surface area contributed by atoms with Crippen LogP contribution in [0.1, 0.15) is 20.8 Å². The van der Waals surface area contributed by atoms with Crippen molar-refractivity contribution in [3.8, 4) is 17.0 Å². The van der Waals surface area contributed by atoms with Gasteiger partial charge in [0.15, 0.2) is 0 Å². The summed E-state index contributed by atoms with van der Waals surface area (Å²) in [6.45, 7) is 3.24. The Balaban J connectivity index is 1.89. The molecule has 1 heterocycles. The number of alkyl halides is 2. The van der Waals surface area contributed by atoms with Crippen LogP contribution in [-0.2, 0) is 0 Å². The smallest absolute Gasteiger partial charge is 0.387 e. The molecule has 0 bridgehead atoms. The summed E-state index contributed by atoms with van der Waals surface area (Å²) in [4.78, 5) is 9.14. The molecule has 0 amide bonds. The lowest BCUT2D eigenvalue weighted by molar-refractivity contribution is -0.0498. The number of ether oxygens (including phenoxy) is 1. The van der Waals surface area contributed by atoms with E-state index in [1.165, 1.54) is 12.1 Å². The zero-order valence-electron chi connectivity index (χ0n) is 15.9. The van der Waals surface area contributed by atoms with Crippen LogP contribution in [0.25, 0.3) is 11.3 Å². The quantitative estimate of drug-likeness (QED) is 0.571. The van der Waals surface area contributed by atoms with Crippen molar-refractivity contribution < 1.29 is 13.5 Å². The first-order valence-electron chi connectivity index (χ1n) is 8.83. The SMILES string of the molecule is CC(C)(C)Nc1nc(Nc2ccc(OC(F)F)cc2)cc(-c2ccccc2)n1. The molecule has 0 atom stereocenters. The number of hydrogen-bond donors (Lipinski definition) is 2.